The zero-order valence-corrected chi connectivity index (χ0v) is 20.3. The van der Waals surface area contributed by atoms with Crippen molar-refractivity contribution in [2.75, 3.05) is 26.2 Å². The van der Waals surface area contributed by atoms with Gasteiger partial charge in [0.05, 0.1) is 6.04 Å². The molecule has 3 amide bonds. The van der Waals surface area contributed by atoms with Crippen LogP contribution in [0.4, 0.5) is 4.79 Å². The van der Waals surface area contributed by atoms with Gasteiger partial charge in [-0.2, -0.15) is 0 Å². The van der Waals surface area contributed by atoms with Crippen LogP contribution in [0.5, 0.6) is 5.75 Å². The molecule has 0 radical (unpaired) electrons. The summed E-state index contributed by atoms with van der Waals surface area (Å²) in [5.74, 6) is 0.583. The number of nitrogens with zero attached hydrogens (tertiary/aromatic N) is 2. The molecule has 0 bridgehead atoms. The molecule has 32 heavy (non-hydrogen) atoms. The van der Waals surface area contributed by atoms with Crippen molar-refractivity contribution in [3.05, 3.63) is 63.8 Å². The second kappa shape index (κ2) is 10.4. The quantitative estimate of drug-likeness (QED) is 0.579. The highest BCUT2D eigenvalue weighted by atomic mass is 35.5. The number of carbonyl (C=O) groups excluding carboxylic acids is 2. The van der Waals surface area contributed by atoms with Crippen molar-refractivity contribution >= 4 is 34.9 Å². The third kappa shape index (κ3) is 6.26. The van der Waals surface area contributed by atoms with Crippen molar-refractivity contribution < 1.29 is 14.3 Å². The van der Waals surface area contributed by atoms with Gasteiger partial charge < -0.3 is 19.9 Å². The van der Waals surface area contributed by atoms with Crippen molar-refractivity contribution in [1.29, 1.82) is 0 Å². The van der Waals surface area contributed by atoms with Gasteiger partial charge in [0, 0.05) is 28.5 Å². The molecule has 1 aliphatic heterocycles. The minimum atomic E-state index is -0.398. The second-order valence-electron chi connectivity index (χ2n) is 8.77. The van der Waals surface area contributed by atoms with Gasteiger partial charge >= 0.3 is 6.03 Å². The second-order valence-corrected chi connectivity index (χ2v) is 10.2. The topological polar surface area (TPSA) is 61.9 Å². The van der Waals surface area contributed by atoms with E-state index in [9.17, 15) is 9.59 Å². The number of fused-ring (bicyclic) bond motifs is 1. The smallest absolute Gasteiger partial charge is 0.318 e. The largest absolute Gasteiger partial charge is 0.491 e. The van der Waals surface area contributed by atoms with Crippen molar-refractivity contribution in [2.24, 2.45) is 0 Å². The molecule has 2 heterocycles. The van der Waals surface area contributed by atoms with E-state index in [1.165, 1.54) is 9.78 Å². The molecular formula is C24H30ClN3O3S. The molecule has 1 N–H and O–H groups in total. The number of halogens is 1. The number of ether oxygens (including phenoxy) is 1. The SMILES string of the molecule is C=CCN(CC(=O)N1CCc2sccc2[C@H]1COc1ccc(Cl)cc1)C(=O)NC(C)(C)C. The molecule has 0 saturated heterocycles. The van der Waals surface area contributed by atoms with E-state index in [4.69, 9.17) is 16.3 Å². The molecule has 0 aliphatic carbocycles. The van der Waals surface area contributed by atoms with E-state index in [-0.39, 0.29) is 31.1 Å². The van der Waals surface area contributed by atoms with Crippen molar-refractivity contribution in [1.82, 2.24) is 15.1 Å². The summed E-state index contributed by atoms with van der Waals surface area (Å²) in [4.78, 5) is 30.6. The Morgan fingerprint density at radius 1 is 1.31 bits per heavy atom. The third-order valence-corrected chi connectivity index (χ3v) is 6.33. The molecule has 1 atom stereocenters. The number of rotatable bonds is 7. The number of thiophene rings is 1. The van der Waals surface area contributed by atoms with E-state index in [0.29, 0.717) is 23.9 Å². The fourth-order valence-electron chi connectivity index (χ4n) is 3.61. The van der Waals surface area contributed by atoms with Gasteiger partial charge in [0.2, 0.25) is 5.91 Å². The van der Waals surface area contributed by atoms with Gasteiger partial charge in [-0.25, -0.2) is 4.79 Å². The molecule has 0 spiro atoms. The molecule has 8 heteroatoms. The van der Waals surface area contributed by atoms with Crippen molar-refractivity contribution in [3.8, 4) is 5.75 Å². The van der Waals surface area contributed by atoms with Gasteiger partial charge in [-0.15, -0.1) is 17.9 Å². The van der Waals surface area contributed by atoms with Gasteiger partial charge in [0.25, 0.3) is 0 Å². The minimum absolute atomic E-state index is 0.0230. The molecule has 6 nitrogen and oxygen atoms in total. The lowest BCUT2D eigenvalue weighted by atomic mass is 10.0. The van der Waals surface area contributed by atoms with Crippen LogP contribution < -0.4 is 10.1 Å². The highest BCUT2D eigenvalue weighted by Crippen LogP contribution is 2.34. The Bertz CT molecular complexity index is 952. The van der Waals surface area contributed by atoms with E-state index >= 15 is 0 Å². The Balaban J connectivity index is 1.75. The normalized spacial score (nSPS) is 15.6. The maximum Gasteiger partial charge on any atom is 0.318 e. The van der Waals surface area contributed by atoms with Crippen molar-refractivity contribution in [2.45, 2.75) is 38.8 Å². The number of urea groups is 1. The van der Waals surface area contributed by atoms with E-state index < -0.39 is 5.54 Å². The number of benzene rings is 1. The summed E-state index contributed by atoms with van der Waals surface area (Å²) in [5, 5.41) is 5.61. The maximum atomic E-state index is 13.4. The molecule has 3 rings (SSSR count). The zero-order chi connectivity index (χ0) is 23.3. The fraction of sp³-hybridized carbons (Fsp3) is 0.417. The lowest BCUT2D eigenvalue weighted by Crippen LogP contribution is -2.53. The predicted octanol–water partition coefficient (Wildman–Crippen LogP) is 4.90. The number of nitrogens with one attached hydrogen (secondary N) is 1. The molecule has 0 unspecified atom stereocenters. The first kappa shape index (κ1) is 24.1. The van der Waals surface area contributed by atoms with Crippen LogP contribution in [0.15, 0.2) is 48.4 Å². The first-order chi connectivity index (χ1) is 15.2. The summed E-state index contributed by atoms with van der Waals surface area (Å²) in [5.41, 5.74) is 0.712. The molecule has 0 saturated carbocycles. The molecule has 0 fully saturated rings. The Kier molecular flexibility index (Phi) is 7.85. The first-order valence-electron chi connectivity index (χ1n) is 10.6. The maximum absolute atomic E-state index is 13.4. The van der Waals surface area contributed by atoms with Gasteiger partial charge in [-0.05, 0) is 68.5 Å². The Morgan fingerprint density at radius 3 is 2.69 bits per heavy atom. The van der Waals surface area contributed by atoms with E-state index in [1.54, 1.807) is 29.5 Å². The average Bonchev–Trinajstić information content (AvgIpc) is 3.20. The van der Waals surface area contributed by atoms with E-state index in [1.807, 2.05) is 37.8 Å². The van der Waals surface area contributed by atoms with Crippen LogP contribution in [0.2, 0.25) is 5.02 Å². The van der Waals surface area contributed by atoms with E-state index in [2.05, 4.69) is 23.3 Å². The Morgan fingerprint density at radius 2 is 2.03 bits per heavy atom. The summed E-state index contributed by atoms with van der Waals surface area (Å²) < 4.78 is 6.02. The fourth-order valence-corrected chi connectivity index (χ4v) is 4.66. The molecule has 1 aromatic heterocycles. The van der Waals surface area contributed by atoms with Gasteiger partial charge in [-0.3, -0.25) is 4.79 Å². The monoisotopic (exact) mass is 475 g/mol. The van der Waals surface area contributed by atoms with Gasteiger partial charge in [0.1, 0.15) is 18.9 Å². The van der Waals surface area contributed by atoms with Gasteiger partial charge in [0.15, 0.2) is 0 Å². The summed E-state index contributed by atoms with van der Waals surface area (Å²) in [6, 6.07) is 8.74. The van der Waals surface area contributed by atoms with Crippen molar-refractivity contribution in [3.63, 3.8) is 0 Å². The molecule has 2 aromatic rings. The minimum Gasteiger partial charge on any atom is -0.491 e. The summed E-state index contributed by atoms with van der Waals surface area (Å²) in [6.45, 7) is 10.6. The summed E-state index contributed by atoms with van der Waals surface area (Å²) >= 11 is 7.67. The van der Waals surface area contributed by atoms with Crippen LogP contribution in [-0.2, 0) is 11.2 Å². The standard InChI is InChI=1S/C24H30ClN3O3S/c1-5-12-27(23(30)26-24(2,3)4)15-22(29)28-13-10-21-19(11-14-32-21)20(28)16-31-18-8-6-17(25)7-9-18/h5-9,11,14,20H,1,10,12-13,15-16H2,2-4H3,(H,26,30)/t20-/m1/s1. The van der Waals surface area contributed by atoms with Crippen LogP contribution in [0.3, 0.4) is 0 Å². The van der Waals surface area contributed by atoms with Crippen LogP contribution in [0.25, 0.3) is 0 Å². The number of amides is 3. The Labute approximate surface area is 198 Å². The average molecular weight is 476 g/mol. The first-order valence-corrected chi connectivity index (χ1v) is 11.9. The van der Waals surface area contributed by atoms with Gasteiger partial charge in [-0.1, -0.05) is 17.7 Å². The molecule has 1 aromatic carbocycles. The summed E-state index contributed by atoms with van der Waals surface area (Å²) in [6.07, 6.45) is 2.43. The van der Waals surface area contributed by atoms with E-state index in [0.717, 1.165) is 12.0 Å². The Hall–Kier alpha value is -2.51. The van der Waals surface area contributed by atoms with Crippen LogP contribution in [0.1, 0.15) is 37.3 Å². The van der Waals surface area contributed by atoms with Crippen LogP contribution in [0, 0.1) is 0 Å². The third-order valence-electron chi connectivity index (χ3n) is 5.08. The zero-order valence-electron chi connectivity index (χ0n) is 18.8. The summed E-state index contributed by atoms with van der Waals surface area (Å²) in [7, 11) is 0. The molecule has 1 aliphatic rings. The highest BCUT2D eigenvalue weighted by molar-refractivity contribution is 7.10. The molecular weight excluding hydrogens is 446 g/mol. The number of hydrogen-bond acceptors (Lipinski definition) is 4. The highest BCUT2D eigenvalue weighted by Gasteiger charge is 2.33. The van der Waals surface area contributed by atoms with Crippen LogP contribution >= 0.6 is 22.9 Å². The predicted molar refractivity (Wildman–Crippen MR) is 129 cm³/mol. The lowest BCUT2D eigenvalue weighted by molar-refractivity contribution is -0.135. The molecule has 172 valence electrons. The number of carbonyl (C=O) groups is 2. The lowest BCUT2D eigenvalue weighted by Gasteiger charge is -2.37. The number of hydrogen-bond donors (Lipinski definition) is 1. The van der Waals surface area contributed by atoms with Crippen LogP contribution in [-0.4, -0.2) is 53.5 Å².